The van der Waals surface area contributed by atoms with Crippen LogP contribution in [0.1, 0.15) is 30.0 Å². The monoisotopic (exact) mass is 322 g/mol. The highest BCUT2D eigenvalue weighted by Crippen LogP contribution is 2.19. The molecule has 4 heteroatoms. The lowest BCUT2D eigenvalue weighted by Crippen LogP contribution is -2.32. The number of nitriles is 1. The summed E-state index contributed by atoms with van der Waals surface area (Å²) in [5, 5.41) is 8.87. The summed E-state index contributed by atoms with van der Waals surface area (Å²) in [6.07, 6.45) is 1.22. The van der Waals surface area contributed by atoms with Crippen LogP contribution in [0.4, 0.5) is 0 Å². The van der Waals surface area contributed by atoms with Crippen LogP contribution < -0.4 is 4.74 Å². The van der Waals surface area contributed by atoms with Crippen molar-refractivity contribution in [2.75, 3.05) is 13.7 Å². The Kier molecular flexibility index (Phi) is 6.39. The summed E-state index contributed by atoms with van der Waals surface area (Å²) in [6, 6.07) is 17.1. The summed E-state index contributed by atoms with van der Waals surface area (Å²) in [5.41, 5.74) is 2.54. The van der Waals surface area contributed by atoms with Crippen molar-refractivity contribution in [3.8, 4) is 11.8 Å². The van der Waals surface area contributed by atoms with Crippen LogP contribution in [0.5, 0.6) is 5.75 Å². The van der Waals surface area contributed by atoms with Crippen molar-refractivity contribution in [2.45, 2.75) is 26.3 Å². The highest BCUT2D eigenvalue weighted by atomic mass is 16.5. The SMILES string of the molecule is CCCN(Cc1ccc(C#N)cc1)C(=O)Cc1ccccc1OC. The molecule has 0 aromatic heterocycles. The van der Waals surface area contributed by atoms with Gasteiger partial charge in [-0.15, -0.1) is 0 Å². The van der Waals surface area contributed by atoms with Crippen molar-refractivity contribution in [1.82, 2.24) is 4.90 Å². The standard InChI is InChI=1S/C20H22N2O2/c1-3-12-22(15-17-10-8-16(14-21)9-11-17)20(23)13-18-6-4-5-7-19(18)24-2/h4-11H,3,12-13,15H2,1-2H3. The molecule has 2 aromatic carbocycles. The molecule has 2 aromatic rings. The number of benzene rings is 2. The second-order valence-corrected chi connectivity index (χ2v) is 5.61. The van der Waals surface area contributed by atoms with Crippen molar-refractivity contribution in [3.05, 3.63) is 65.2 Å². The molecule has 0 heterocycles. The van der Waals surface area contributed by atoms with Crippen LogP contribution in [-0.4, -0.2) is 24.5 Å². The van der Waals surface area contributed by atoms with Gasteiger partial charge in [0.15, 0.2) is 0 Å². The molecule has 1 amide bonds. The lowest BCUT2D eigenvalue weighted by atomic mass is 10.1. The molecule has 0 fully saturated rings. The van der Waals surface area contributed by atoms with E-state index in [0.29, 0.717) is 25.1 Å². The van der Waals surface area contributed by atoms with Gasteiger partial charge in [0.1, 0.15) is 5.75 Å². The molecule has 124 valence electrons. The molecular formula is C20H22N2O2. The summed E-state index contributed by atoms with van der Waals surface area (Å²) in [5.74, 6) is 0.811. The predicted molar refractivity (Wildman–Crippen MR) is 93.6 cm³/mol. The molecule has 2 rings (SSSR count). The van der Waals surface area contributed by atoms with Crippen LogP contribution >= 0.6 is 0 Å². The van der Waals surface area contributed by atoms with Crippen molar-refractivity contribution in [1.29, 1.82) is 5.26 Å². The van der Waals surface area contributed by atoms with Gasteiger partial charge in [-0.05, 0) is 30.2 Å². The van der Waals surface area contributed by atoms with Gasteiger partial charge in [-0.3, -0.25) is 4.79 Å². The fourth-order valence-corrected chi connectivity index (χ4v) is 2.59. The largest absolute Gasteiger partial charge is 0.496 e. The molecule has 0 aliphatic carbocycles. The Morgan fingerprint density at radius 3 is 2.50 bits per heavy atom. The average Bonchev–Trinajstić information content (AvgIpc) is 2.62. The zero-order chi connectivity index (χ0) is 17.4. The number of ether oxygens (including phenoxy) is 1. The van der Waals surface area contributed by atoms with Gasteiger partial charge in [0.2, 0.25) is 5.91 Å². The van der Waals surface area contributed by atoms with Gasteiger partial charge < -0.3 is 9.64 Å². The van der Waals surface area contributed by atoms with E-state index in [4.69, 9.17) is 10.00 Å². The number of nitrogens with zero attached hydrogens (tertiary/aromatic N) is 2. The van der Waals surface area contributed by atoms with E-state index in [1.807, 2.05) is 41.3 Å². The minimum Gasteiger partial charge on any atom is -0.496 e. The third-order valence-corrected chi connectivity index (χ3v) is 3.84. The van der Waals surface area contributed by atoms with Crippen molar-refractivity contribution in [2.24, 2.45) is 0 Å². The molecule has 0 aliphatic rings. The van der Waals surface area contributed by atoms with Crippen molar-refractivity contribution < 1.29 is 9.53 Å². The van der Waals surface area contributed by atoms with E-state index in [-0.39, 0.29) is 5.91 Å². The zero-order valence-corrected chi connectivity index (χ0v) is 14.2. The van der Waals surface area contributed by atoms with Crippen LogP contribution in [0.15, 0.2) is 48.5 Å². The molecule has 0 spiro atoms. The summed E-state index contributed by atoms with van der Waals surface area (Å²) in [4.78, 5) is 14.6. The Hall–Kier alpha value is -2.80. The normalized spacial score (nSPS) is 10.0. The first-order chi connectivity index (χ1) is 11.7. The second-order valence-electron chi connectivity index (χ2n) is 5.61. The third kappa shape index (κ3) is 4.60. The van der Waals surface area contributed by atoms with E-state index in [1.165, 1.54) is 0 Å². The van der Waals surface area contributed by atoms with Crippen LogP contribution in [0, 0.1) is 11.3 Å². The van der Waals surface area contributed by atoms with Gasteiger partial charge in [0.25, 0.3) is 0 Å². The van der Waals surface area contributed by atoms with Gasteiger partial charge in [0, 0.05) is 18.7 Å². The zero-order valence-electron chi connectivity index (χ0n) is 14.2. The number of carbonyl (C=O) groups is 1. The van der Waals surface area contributed by atoms with Crippen molar-refractivity contribution in [3.63, 3.8) is 0 Å². The smallest absolute Gasteiger partial charge is 0.227 e. The number of hydrogen-bond acceptors (Lipinski definition) is 3. The second kappa shape index (κ2) is 8.73. The van der Waals surface area contributed by atoms with E-state index in [1.54, 1.807) is 19.2 Å². The lowest BCUT2D eigenvalue weighted by Gasteiger charge is -2.23. The number of methoxy groups -OCH3 is 1. The van der Waals surface area contributed by atoms with Gasteiger partial charge in [-0.25, -0.2) is 0 Å². The topological polar surface area (TPSA) is 53.3 Å². The highest BCUT2D eigenvalue weighted by molar-refractivity contribution is 5.79. The maximum atomic E-state index is 12.7. The van der Waals surface area contributed by atoms with Crippen molar-refractivity contribution >= 4 is 5.91 Å². The molecule has 24 heavy (non-hydrogen) atoms. The fourth-order valence-electron chi connectivity index (χ4n) is 2.59. The first kappa shape index (κ1) is 17.6. The summed E-state index contributed by atoms with van der Waals surface area (Å²) in [6.45, 7) is 3.31. The first-order valence-electron chi connectivity index (χ1n) is 8.06. The molecule has 0 radical (unpaired) electrons. The summed E-state index contributed by atoms with van der Waals surface area (Å²) in [7, 11) is 1.61. The predicted octanol–water partition coefficient (Wildman–Crippen LogP) is 3.55. The molecule has 4 nitrogen and oxygen atoms in total. The average molecular weight is 322 g/mol. The number of rotatable bonds is 7. The van der Waals surface area contributed by atoms with Crippen LogP contribution in [0.25, 0.3) is 0 Å². The lowest BCUT2D eigenvalue weighted by molar-refractivity contribution is -0.131. The minimum absolute atomic E-state index is 0.0747. The number of para-hydroxylation sites is 1. The van der Waals surface area contributed by atoms with Gasteiger partial charge in [-0.1, -0.05) is 37.3 Å². The maximum absolute atomic E-state index is 12.7. The Morgan fingerprint density at radius 2 is 1.88 bits per heavy atom. The summed E-state index contributed by atoms with van der Waals surface area (Å²) >= 11 is 0. The van der Waals surface area contributed by atoms with Gasteiger partial charge in [0.05, 0.1) is 25.2 Å². The highest BCUT2D eigenvalue weighted by Gasteiger charge is 2.16. The fraction of sp³-hybridized carbons (Fsp3) is 0.300. The Bertz CT molecular complexity index is 717. The third-order valence-electron chi connectivity index (χ3n) is 3.84. The molecule has 0 unspecified atom stereocenters. The molecular weight excluding hydrogens is 300 g/mol. The number of amides is 1. The maximum Gasteiger partial charge on any atom is 0.227 e. The Labute approximate surface area is 143 Å². The summed E-state index contributed by atoms with van der Waals surface area (Å²) < 4.78 is 5.33. The number of carbonyl (C=O) groups excluding carboxylic acids is 1. The van der Waals surface area contributed by atoms with Gasteiger partial charge >= 0.3 is 0 Å². The molecule has 0 saturated heterocycles. The van der Waals surface area contributed by atoms with E-state index >= 15 is 0 Å². The van der Waals surface area contributed by atoms with E-state index in [0.717, 1.165) is 23.3 Å². The van der Waals surface area contributed by atoms with Crippen LogP contribution in [0.2, 0.25) is 0 Å². The molecule has 0 saturated carbocycles. The van der Waals surface area contributed by atoms with E-state index in [2.05, 4.69) is 13.0 Å². The Morgan fingerprint density at radius 1 is 1.17 bits per heavy atom. The molecule has 0 atom stereocenters. The van der Waals surface area contributed by atoms with Gasteiger partial charge in [-0.2, -0.15) is 5.26 Å². The quantitative estimate of drug-likeness (QED) is 0.783. The Balaban J connectivity index is 2.10. The van der Waals surface area contributed by atoms with Crippen LogP contribution in [-0.2, 0) is 17.8 Å². The molecule has 0 N–H and O–H groups in total. The number of hydrogen-bond donors (Lipinski definition) is 0. The molecule has 0 aliphatic heterocycles. The minimum atomic E-state index is 0.0747. The van der Waals surface area contributed by atoms with E-state index in [9.17, 15) is 4.79 Å². The van der Waals surface area contributed by atoms with Crippen LogP contribution in [0.3, 0.4) is 0 Å². The molecule has 0 bridgehead atoms. The van der Waals surface area contributed by atoms with E-state index < -0.39 is 0 Å². The first-order valence-corrected chi connectivity index (χ1v) is 8.06.